The summed E-state index contributed by atoms with van der Waals surface area (Å²) in [6, 6.07) is 8.99. The van der Waals surface area contributed by atoms with Crippen molar-refractivity contribution in [2.45, 2.75) is 39.5 Å². The van der Waals surface area contributed by atoms with Gasteiger partial charge in [0.25, 0.3) is 0 Å². The van der Waals surface area contributed by atoms with Crippen molar-refractivity contribution in [3.63, 3.8) is 0 Å². The Bertz CT molecular complexity index is 1260. The van der Waals surface area contributed by atoms with Crippen molar-refractivity contribution >= 4 is 33.8 Å². The third kappa shape index (κ3) is 3.72. The molecule has 32 heavy (non-hydrogen) atoms. The SMILES string of the molecule is Cc1ccc(C2=CC=C(C3=CC=C(C4=CC=C(C5=CC=C(c6ccc(C)s6)C5)C4)C3)C2)s1. The Morgan fingerprint density at radius 2 is 0.688 bits per heavy atom. The normalized spacial score (nSPS) is 19.9. The first-order valence-electron chi connectivity index (χ1n) is 11.4. The second-order valence-corrected chi connectivity index (χ2v) is 11.6. The summed E-state index contributed by atoms with van der Waals surface area (Å²) in [5.41, 5.74) is 11.9. The van der Waals surface area contributed by atoms with E-state index in [4.69, 9.17) is 0 Å². The molecule has 0 aliphatic heterocycles. The van der Waals surface area contributed by atoms with Crippen LogP contribution in [0, 0.1) is 13.8 Å². The molecule has 0 aromatic carbocycles. The van der Waals surface area contributed by atoms with Crippen LogP contribution in [0.3, 0.4) is 0 Å². The quantitative estimate of drug-likeness (QED) is 0.426. The summed E-state index contributed by atoms with van der Waals surface area (Å²) in [6.45, 7) is 4.37. The lowest BCUT2D eigenvalue weighted by molar-refractivity contribution is 1.07. The van der Waals surface area contributed by atoms with E-state index in [0.717, 1.165) is 25.7 Å². The summed E-state index contributed by atoms with van der Waals surface area (Å²) in [6.07, 6.45) is 23.0. The molecule has 0 bridgehead atoms. The molecule has 0 saturated carbocycles. The first-order valence-corrected chi connectivity index (χ1v) is 13.0. The van der Waals surface area contributed by atoms with Crippen LogP contribution in [0.15, 0.2) is 106 Å². The second kappa shape index (κ2) is 8.03. The number of allylic oxidation sites excluding steroid dienone is 16. The van der Waals surface area contributed by atoms with Gasteiger partial charge in [0.1, 0.15) is 0 Å². The molecular formula is C30H26S2. The minimum absolute atomic E-state index is 1.07. The van der Waals surface area contributed by atoms with Crippen LogP contribution in [0.1, 0.15) is 45.2 Å². The third-order valence-corrected chi connectivity index (χ3v) is 8.97. The van der Waals surface area contributed by atoms with E-state index in [0.29, 0.717) is 0 Å². The minimum Gasteiger partial charge on any atom is -0.141 e. The van der Waals surface area contributed by atoms with Crippen LogP contribution in [0.5, 0.6) is 0 Å². The molecule has 0 unspecified atom stereocenters. The fourth-order valence-electron chi connectivity index (χ4n) is 4.97. The van der Waals surface area contributed by atoms with Crippen LogP contribution in [0.4, 0.5) is 0 Å². The molecule has 0 atom stereocenters. The van der Waals surface area contributed by atoms with Crippen LogP contribution in [0.25, 0.3) is 11.1 Å². The van der Waals surface area contributed by atoms with E-state index in [1.165, 1.54) is 64.1 Å². The summed E-state index contributed by atoms with van der Waals surface area (Å²) in [4.78, 5) is 5.62. The Kier molecular flexibility index (Phi) is 5.01. The molecule has 0 amide bonds. The van der Waals surface area contributed by atoms with Crippen molar-refractivity contribution < 1.29 is 0 Å². The van der Waals surface area contributed by atoms with E-state index in [1.54, 1.807) is 0 Å². The Morgan fingerprint density at radius 3 is 0.969 bits per heavy atom. The maximum Gasteiger partial charge on any atom is 0.0308 e. The minimum atomic E-state index is 1.07. The molecule has 0 radical (unpaired) electrons. The number of rotatable bonds is 5. The van der Waals surface area contributed by atoms with Gasteiger partial charge in [-0.25, -0.2) is 0 Å². The lowest BCUT2D eigenvalue weighted by Crippen LogP contribution is -1.92. The first kappa shape index (κ1) is 20.0. The van der Waals surface area contributed by atoms with Crippen molar-refractivity contribution in [3.05, 3.63) is 126 Å². The van der Waals surface area contributed by atoms with Gasteiger partial charge in [-0.3, -0.25) is 0 Å². The molecule has 0 fully saturated rings. The molecule has 6 rings (SSSR count). The lowest BCUT2D eigenvalue weighted by Gasteiger charge is -2.11. The predicted molar refractivity (Wildman–Crippen MR) is 141 cm³/mol. The molecule has 2 heteroatoms. The average molecular weight is 451 g/mol. The molecule has 158 valence electrons. The van der Waals surface area contributed by atoms with Crippen LogP contribution < -0.4 is 0 Å². The van der Waals surface area contributed by atoms with Crippen molar-refractivity contribution in [2.24, 2.45) is 0 Å². The maximum atomic E-state index is 2.35. The molecule has 0 nitrogen and oxygen atoms in total. The van der Waals surface area contributed by atoms with Gasteiger partial charge in [0.05, 0.1) is 0 Å². The molecule has 4 aliphatic carbocycles. The second-order valence-electron chi connectivity index (χ2n) is 9.06. The van der Waals surface area contributed by atoms with Gasteiger partial charge in [0, 0.05) is 19.5 Å². The van der Waals surface area contributed by atoms with Crippen molar-refractivity contribution in [2.75, 3.05) is 0 Å². The number of thiophene rings is 2. The number of aryl methyl sites for hydroxylation is 2. The highest BCUT2D eigenvalue weighted by Crippen LogP contribution is 2.43. The molecular weight excluding hydrogens is 424 g/mol. The Hall–Kier alpha value is -2.68. The van der Waals surface area contributed by atoms with E-state index < -0.39 is 0 Å². The van der Waals surface area contributed by atoms with Crippen molar-refractivity contribution in [3.8, 4) is 0 Å². The highest BCUT2D eigenvalue weighted by Gasteiger charge is 2.23. The van der Waals surface area contributed by atoms with Crippen LogP contribution in [0.2, 0.25) is 0 Å². The van der Waals surface area contributed by atoms with E-state index >= 15 is 0 Å². The molecule has 2 aromatic heterocycles. The zero-order valence-corrected chi connectivity index (χ0v) is 20.2. The molecule has 4 aliphatic rings. The van der Waals surface area contributed by atoms with Crippen LogP contribution in [-0.4, -0.2) is 0 Å². The molecule has 0 saturated heterocycles. The monoisotopic (exact) mass is 450 g/mol. The van der Waals surface area contributed by atoms with E-state index in [2.05, 4.69) is 86.7 Å². The standard InChI is InChI=1S/C30H26S2/c1-19-3-13-29(31-19)27-11-9-25(17-27)23-7-5-21(15-23)22-6-8-24(16-22)26-10-12-28(18-26)30-14-4-20(2)32-30/h3-14H,15-18H2,1-2H3. The molecule has 2 aromatic rings. The van der Waals surface area contributed by atoms with Gasteiger partial charge in [-0.2, -0.15) is 0 Å². The fraction of sp³-hybridized carbons (Fsp3) is 0.200. The summed E-state index contributed by atoms with van der Waals surface area (Å²) in [7, 11) is 0. The Morgan fingerprint density at radius 1 is 0.406 bits per heavy atom. The van der Waals surface area contributed by atoms with Crippen molar-refractivity contribution in [1.29, 1.82) is 0 Å². The van der Waals surface area contributed by atoms with Gasteiger partial charge in [0.15, 0.2) is 0 Å². The van der Waals surface area contributed by atoms with Gasteiger partial charge in [0.2, 0.25) is 0 Å². The van der Waals surface area contributed by atoms with E-state index in [9.17, 15) is 0 Å². The van der Waals surface area contributed by atoms with Gasteiger partial charge < -0.3 is 0 Å². The van der Waals surface area contributed by atoms with Gasteiger partial charge >= 0.3 is 0 Å². The van der Waals surface area contributed by atoms with Crippen LogP contribution in [-0.2, 0) is 0 Å². The zero-order valence-electron chi connectivity index (χ0n) is 18.6. The number of hydrogen-bond donors (Lipinski definition) is 0. The van der Waals surface area contributed by atoms with Gasteiger partial charge in [-0.15, -0.1) is 22.7 Å². The average Bonchev–Trinajstić information content (AvgIpc) is 3.61. The first-order chi connectivity index (χ1) is 15.6. The lowest BCUT2D eigenvalue weighted by atomic mass is 9.94. The third-order valence-electron chi connectivity index (χ3n) is 6.82. The molecule has 2 heterocycles. The molecule has 0 N–H and O–H groups in total. The van der Waals surface area contributed by atoms with E-state index in [-0.39, 0.29) is 0 Å². The largest absolute Gasteiger partial charge is 0.141 e. The van der Waals surface area contributed by atoms with Crippen LogP contribution >= 0.6 is 22.7 Å². The topological polar surface area (TPSA) is 0 Å². The smallest absolute Gasteiger partial charge is 0.0308 e. The zero-order chi connectivity index (χ0) is 21.7. The Labute approximate surface area is 198 Å². The highest BCUT2D eigenvalue weighted by atomic mass is 32.1. The predicted octanol–water partition coefficient (Wildman–Crippen LogP) is 9.07. The van der Waals surface area contributed by atoms with Gasteiger partial charge in [-0.1, -0.05) is 48.6 Å². The Balaban J connectivity index is 1.03. The summed E-state index contributed by atoms with van der Waals surface area (Å²) in [5, 5.41) is 0. The molecule has 0 spiro atoms. The van der Waals surface area contributed by atoms with Gasteiger partial charge in [-0.05, 0) is 108 Å². The summed E-state index contributed by atoms with van der Waals surface area (Å²) >= 11 is 3.81. The maximum absolute atomic E-state index is 2.35. The number of hydrogen-bond acceptors (Lipinski definition) is 2. The summed E-state index contributed by atoms with van der Waals surface area (Å²) in [5.74, 6) is 0. The van der Waals surface area contributed by atoms with Crippen molar-refractivity contribution in [1.82, 2.24) is 0 Å². The highest BCUT2D eigenvalue weighted by molar-refractivity contribution is 7.13. The van der Waals surface area contributed by atoms with E-state index in [1.807, 2.05) is 22.7 Å². The summed E-state index contributed by atoms with van der Waals surface area (Å²) < 4.78 is 0. The fourth-order valence-corrected chi connectivity index (χ4v) is 6.75.